The molecule has 0 bridgehead atoms. The number of carboxylic acids is 1. The van der Waals surface area contributed by atoms with Gasteiger partial charge in [-0.05, 0) is 13.8 Å². The molecule has 0 aliphatic heterocycles. The number of aryl methyl sites for hydroxylation is 1. The largest absolute Gasteiger partial charge is 0.480 e. The van der Waals surface area contributed by atoms with E-state index in [1.807, 2.05) is 0 Å². The first-order chi connectivity index (χ1) is 7.26. The topological polar surface area (TPSA) is 83.6 Å². The Kier molecular flexibility index (Phi) is 3.02. The van der Waals surface area contributed by atoms with Gasteiger partial charge in [0.15, 0.2) is 5.89 Å². The van der Waals surface area contributed by atoms with E-state index >= 15 is 0 Å². The quantitative estimate of drug-likeness (QED) is 0.828. The fourth-order valence-corrected chi connectivity index (χ4v) is 1.02. The van der Waals surface area contributed by atoms with Crippen molar-refractivity contribution in [3.05, 3.63) is 17.8 Å². The smallest absolute Gasteiger partial charge is 0.329 e. The monoisotopic (exact) mass is 226 g/mol. The van der Waals surface area contributed by atoms with Crippen LogP contribution in [-0.2, 0) is 4.79 Å². The van der Waals surface area contributed by atoms with Gasteiger partial charge in [0.1, 0.15) is 5.54 Å². The lowest BCUT2D eigenvalue weighted by molar-refractivity contribution is -0.147. The lowest BCUT2D eigenvalue weighted by atomic mass is 10.0. The van der Waals surface area contributed by atoms with Gasteiger partial charge < -0.3 is 14.4 Å². The number of oxazole rings is 1. The molecule has 0 atom stereocenters. The van der Waals surface area contributed by atoms with Gasteiger partial charge in [0.2, 0.25) is 5.76 Å². The maximum absolute atomic E-state index is 11.8. The summed E-state index contributed by atoms with van der Waals surface area (Å²) >= 11 is 0. The van der Waals surface area contributed by atoms with Crippen LogP contribution in [0.5, 0.6) is 0 Å². The van der Waals surface area contributed by atoms with E-state index in [0.717, 1.165) is 4.90 Å². The summed E-state index contributed by atoms with van der Waals surface area (Å²) in [4.78, 5) is 27.7. The Bertz CT molecular complexity index is 422. The molecule has 0 unspecified atom stereocenters. The summed E-state index contributed by atoms with van der Waals surface area (Å²) in [6, 6.07) is 0. The Morgan fingerprint density at radius 1 is 1.50 bits per heavy atom. The third kappa shape index (κ3) is 2.05. The molecule has 0 radical (unpaired) electrons. The van der Waals surface area contributed by atoms with Gasteiger partial charge >= 0.3 is 5.97 Å². The van der Waals surface area contributed by atoms with Gasteiger partial charge in [0.25, 0.3) is 5.91 Å². The van der Waals surface area contributed by atoms with Crippen molar-refractivity contribution in [1.82, 2.24) is 9.88 Å². The average molecular weight is 226 g/mol. The molecule has 1 N–H and O–H groups in total. The lowest BCUT2D eigenvalue weighted by Crippen LogP contribution is -2.50. The zero-order valence-electron chi connectivity index (χ0n) is 9.64. The van der Waals surface area contributed by atoms with Crippen LogP contribution < -0.4 is 0 Å². The molecule has 1 heterocycles. The molecule has 0 saturated heterocycles. The zero-order valence-corrected chi connectivity index (χ0v) is 9.64. The van der Waals surface area contributed by atoms with Crippen LogP contribution in [0, 0.1) is 6.92 Å². The lowest BCUT2D eigenvalue weighted by Gasteiger charge is -2.30. The van der Waals surface area contributed by atoms with E-state index < -0.39 is 17.4 Å². The molecule has 1 amide bonds. The zero-order chi connectivity index (χ0) is 12.5. The Hall–Kier alpha value is -1.85. The third-order valence-corrected chi connectivity index (χ3v) is 2.50. The number of nitrogens with zero attached hydrogens (tertiary/aromatic N) is 2. The first-order valence-corrected chi connectivity index (χ1v) is 4.71. The minimum Gasteiger partial charge on any atom is -0.480 e. The van der Waals surface area contributed by atoms with Crippen LogP contribution in [-0.4, -0.2) is 39.5 Å². The van der Waals surface area contributed by atoms with Crippen molar-refractivity contribution in [1.29, 1.82) is 0 Å². The van der Waals surface area contributed by atoms with Crippen LogP contribution in [0.25, 0.3) is 0 Å². The first kappa shape index (κ1) is 12.2. The normalized spacial score (nSPS) is 11.2. The molecule has 6 heteroatoms. The fourth-order valence-electron chi connectivity index (χ4n) is 1.02. The molecular weight excluding hydrogens is 212 g/mol. The van der Waals surface area contributed by atoms with Gasteiger partial charge in [0.05, 0.1) is 6.20 Å². The van der Waals surface area contributed by atoms with E-state index in [1.165, 1.54) is 27.1 Å². The van der Waals surface area contributed by atoms with Crippen molar-refractivity contribution in [2.45, 2.75) is 26.3 Å². The minimum absolute atomic E-state index is 0.0364. The summed E-state index contributed by atoms with van der Waals surface area (Å²) in [6.07, 6.45) is 1.28. The first-order valence-electron chi connectivity index (χ1n) is 4.71. The molecular formula is C10H14N2O4. The number of carboxylic acid groups (broad SMARTS) is 1. The molecule has 16 heavy (non-hydrogen) atoms. The second kappa shape index (κ2) is 3.96. The highest BCUT2D eigenvalue weighted by Crippen LogP contribution is 2.16. The van der Waals surface area contributed by atoms with Crippen LogP contribution in [0.4, 0.5) is 0 Å². The van der Waals surface area contributed by atoms with Crippen LogP contribution in [0.2, 0.25) is 0 Å². The van der Waals surface area contributed by atoms with Gasteiger partial charge in [-0.25, -0.2) is 9.78 Å². The number of aliphatic carboxylic acids is 1. The molecule has 0 aromatic carbocycles. The van der Waals surface area contributed by atoms with Crippen LogP contribution in [0.1, 0.15) is 30.3 Å². The number of carbonyl (C=O) groups excluding carboxylic acids is 1. The maximum Gasteiger partial charge on any atom is 0.329 e. The van der Waals surface area contributed by atoms with Crippen molar-refractivity contribution in [2.24, 2.45) is 0 Å². The van der Waals surface area contributed by atoms with Crippen molar-refractivity contribution in [2.75, 3.05) is 7.05 Å². The highest BCUT2D eigenvalue weighted by atomic mass is 16.4. The summed E-state index contributed by atoms with van der Waals surface area (Å²) in [6.45, 7) is 4.49. The summed E-state index contributed by atoms with van der Waals surface area (Å²) in [5.41, 5.74) is -1.29. The molecule has 0 aliphatic carbocycles. The van der Waals surface area contributed by atoms with E-state index in [-0.39, 0.29) is 5.76 Å². The van der Waals surface area contributed by atoms with E-state index in [2.05, 4.69) is 4.98 Å². The number of hydrogen-bond acceptors (Lipinski definition) is 4. The highest BCUT2D eigenvalue weighted by Gasteiger charge is 2.36. The Balaban J connectivity index is 2.95. The van der Waals surface area contributed by atoms with Gasteiger partial charge in [-0.1, -0.05) is 0 Å². The Labute approximate surface area is 92.9 Å². The summed E-state index contributed by atoms with van der Waals surface area (Å²) in [7, 11) is 1.41. The second-order valence-electron chi connectivity index (χ2n) is 3.97. The molecule has 0 spiro atoms. The number of aromatic nitrogens is 1. The molecule has 0 fully saturated rings. The van der Waals surface area contributed by atoms with Crippen LogP contribution >= 0.6 is 0 Å². The predicted octanol–water partition coefficient (Wildman–Crippen LogP) is 0.918. The number of rotatable bonds is 3. The SMILES string of the molecule is Cc1ncc(C(=O)N(C)C(C)(C)C(=O)O)o1. The van der Waals surface area contributed by atoms with Crippen molar-refractivity contribution in [3.63, 3.8) is 0 Å². The second-order valence-corrected chi connectivity index (χ2v) is 3.97. The van der Waals surface area contributed by atoms with E-state index in [4.69, 9.17) is 9.52 Å². The van der Waals surface area contributed by atoms with Crippen molar-refractivity contribution < 1.29 is 19.1 Å². The number of carbonyl (C=O) groups is 2. The van der Waals surface area contributed by atoms with E-state index in [0.29, 0.717) is 5.89 Å². The van der Waals surface area contributed by atoms with Gasteiger partial charge in [0, 0.05) is 14.0 Å². The molecule has 1 aromatic rings. The molecule has 1 aromatic heterocycles. The van der Waals surface area contributed by atoms with Gasteiger partial charge in [-0.2, -0.15) is 0 Å². The Morgan fingerprint density at radius 3 is 2.44 bits per heavy atom. The van der Waals surface area contributed by atoms with Gasteiger partial charge in [-0.3, -0.25) is 4.79 Å². The fraction of sp³-hybridized carbons (Fsp3) is 0.500. The van der Waals surface area contributed by atoms with E-state index in [9.17, 15) is 9.59 Å². The van der Waals surface area contributed by atoms with Crippen molar-refractivity contribution in [3.8, 4) is 0 Å². The molecule has 6 nitrogen and oxygen atoms in total. The standard InChI is InChI=1S/C10H14N2O4/c1-6-11-5-7(16-6)8(13)12(4)10(2,3)9(14)15/h5H,1-4H3,(H,14,15). The van der Waals surface area contributed by atoms with Crippen molar-refractivity contribution >= 4 is 11.9 Å². The number of amides is 1. The Morgan fingerprint density at radius 2 is 2.06 bits per heavy atom. The predicted molar refractivity (Wildman–Crippen MR) is 55.0 cm³/mol. The average Bonchev–Trinajstić information content (AvgIpc) is 2.62. The van der Waals surface area contributed by atoms with E-state index in [1.54, 1.807) is 6.92 Å². The molecule has 88 valence electrons. The number of hydrogen-bond donors (Lipinski definition) is 1. The maximum atomic E-state index is 11.8. The highest BCUT2D eigenvalue weighted by molar-refractivity contribution is 5.95. The molecule has 0 saturated carbocycles. The molecule has 1 rings (SSSR count). The van der Waals surface area contributed by atoms with Crippen LogP contribution in [0.15, 0.2) is 10.6 Å². The third-order valence-electron chi connectivity index (χ3n) is 2.50. The summed E-state index contributed by atoms with van der Waals surface area (Å²) in [5, 5.41) is 8.97. The van der Waals surface area contributed by atoms with Crippen LogP contribution in [0.3, 0.4) is 0 Å². The molecule has 0 aliphatic rings. The number of likely N-dealkylation sites (N-methyl/N-ethyl adjacent to an activating group) is 1. The van der Waals surface area contributed by atoms with Gasteiger partial charge in [-0.15, -0.1) is 0 Å². The summed E-state index contributed by atoms with van der Waals surface area (Å²) in [5.74, 6) is -1.19. The minimum atomic E-state index is -1.29. The summed E-state index contributed by atoms with van der Waals surface area (Å²) < 4.78 is 5.05.